The summed E-state index contributed by atoms with van der Waals surface area (Å²) in [5.74, 6) is -1.25. The van der Waals surface area contributed by atoms with Crippen molar-refractivity contribution in [1.82, 2.24) is 9.97 Å². The molecule has 2 aromatic rings. The predicted octanol–water partition coefficient (Wildman–Crippen LogP) is 2.58. The zero-order chi connectivity index (χ0) is 17.7. The minimum absolute atomic E-state index is 0.0443. The van der Waals surface area contributed by atoms with E-state index in [9.17, 15) is 14.7 Å². The lowest BCUT2D eigenvalue weighted by molar-refractivity contribution is 0.0689. The first-order chi connectivity index (χ1) is 11.5. The van der Waals surface area contributed by atoms with Crippen LogP contribution in [0.2, 0.25) is 0 Å². The van der Waals surface area contributed by atoms with Gasteiger partial charge in [-0.1, -0.05) is 19.1 Å². The van der Waals surface area contributed by atoms with Crippen molar-refractivity contribution < 1.29 is 28.9 Å². The lowest BCUT2D eigenvalue weighted by Gasteiger charge is -2.11. The summed E-state index contributed by atoms with van der Waals surface area (Å²) in [7, 11) is 2.82. The summed E-state index contributed by atoms with van der Waals surface area (Å²) < 4.78 is 15.5. The molecule has 0 atom stereocenters. The number of aromatic carboxylic acids is 1. The Balaban J connectivity index is 2.50. The van der Waals surface area contributed by atoms with Crippen LogP contribution in [0.3, 0.4) is 0 Å². The van der Waals surface area contributed by atoms with Gasteiger partial charge in [0.1, 0.15) is 11.3 Å². The number of nitrogens with zero attached hydrogens (tertiary/aromatic N) is 2. The van der Waals surface area contributed by atoms with Gasteiger partial charge in [-0.15, -0.1) is 0 Å². The van der Waals surface area contributed by atoms with E-state index in [2.05, 4.69) is 9.97 Å². The molecule has 0 unspecified atom stereocenters. The van der Waals surface area contributed by atoms with Crippen LogP contribution in [0.25, 0.3) is 0 Å². The quantitative estimate of drug-likeness (QED) is 0.771. The predicted molar refractivity (Wildman–Crippen MR) is 83.2 cm³/mol. The van der Waals surface area contributed by atoms with Crippen LogP contribution in [0.5, 0.6) is 23.5 Å². The molecule has 0 bridgehead atoms. The van der Waals surface area contributed by atoms with Crippen molar-refractivity contribution in [3.8, 4) is 23.5 Å². The lowest BCUT2D eigenvalue weighted by Crippen LogP contribution is -2.10. The molecule has 1 N–H and O–H groups in total. The maximum Gasteiger partial charge on any atom is 0.340 e. The van der Waals surface area contributed by atoms with E-state index in [0.717, 1.165) is 0 Å². The first kappa shape index (κ1) is 17.2. The zero-order valence-electron chi connectivity index (χ0n) is 13.4. The topological polar surface area (TPSA) is 108 Å². The number of rotatable bonds is 7. The largest absolute Gasteiger partial charge is 0.481 e. The van der Waals surface area contributed by atoms with E-state index in [4.69, 9.17) is 14.2 Å². The number of carbonyl (C=O) groups is 2. The summed E-state index contributed by atoms with van der Waals surface area (Å²) in [6, 6.07) is 5.68. The molecule has 0 spiro atoms. The molecule has 1 aromatic heterocycles. The first-order valence-corrected chi connectivity index (χ1v) is 7.04. The number of carboxylic acids is 1. The monoisotopic (exact) mass is 332 g/mol. The summed E-state index contributed by atoms with van der Waals surface area (Å²) in [5, 5.41) is 9.45. The molecule has 126 valence electrons. The Morgan fingerprint density at radius 2 is 1.75 bits per heavy atom. The molecule has 0 radical (unpaired) electrons. The van der Waals surface area contributed by atoms with E-state index < -0.39 is 5.97 Å². The average Bonchev–Trinajstić information content (AvgIpc) is 2.60. The van der Waals surface area contributed by atoms with Crippen molar-refractivity contribution in [1.29, 1.82) is 0 Å². The second kappa shape index (κ2) is 7.40. The Morgan fingerprint density at radius 3 is 2.25 bits per heavy atom. The van der Waals surface area contributed by atoms with Crippen molar-refractivity contribution in [3.05, 3.63) is 35.4 Å². The standard InChI is InChI=1S/C16H16N2O6/c1-4-10(19)9-6-5-7-11(14(9)15(20)21)24-16-17-12(22-2)8-13(18-16)23-3/h5-8H,4H2,1-3H3,(H,20,21). The molecule has 0 aliphatic rings. The van der Waals surface area contributed by atoms with E-state index in [1.54, 1.807) is 6.92 Å². The minimum atomic E-state index is -1.28. The Hall–Kier alpha value is -3.16. The Morgan fingerprint density at radius 1 is 1.12 bits per heavy atom. The fraction of sp³-hybridized carbons (Fsp3) is 0.250. The van der Waals surface area contributed by atoms with Gasteiger partial charge in [0.15, 0.2) is 5.78 Å². The van der Waals surface area contributed by atoms with Crippen molar-refractivity contribution in [3.63, 3.8) is 0 Å². The molecule has 24 heavy (non-hydrogen) atoms. The number of hydrogen-bond acceptors (Lipinski definition) is 7. The summed E-state index contributed by atoms with van der Waals surface area (Å²) >= 11 is 0. The van der Waals surface area contributed by atoms with Gasteiger partial charge in [0.05, 0.1) is 20.3 Å². The third-order valence-corrected chi connectivity index (χ3v) is 3.14. The van der Waals surface area contributed by atoms with Gasteiger partial charge in [0.25, 0.3) is 0 Å². The van der Waals surface area contributed by atoms with Gasteiger partial charge >= 0.3 is 12.0 Å². The summed E-state index contributed by atoms with van der Waals surface area (Å²) in [6.07, 6.45) is 0.174. The third kappa shape index (κ3) is 3.60. The van der Waals surface area contributed by atoms with Crippen LogP contribution in [0, 0.1) is 0 Å². The Kier molecular flexibility index (Phi) is 5.31. The molecule has 8 nitrogen and oxygen atoms in total. The first-order valence-electron chi connectivity index (χ1n) is 7.04. The van der Waals surface area contributed by atoms with Gasteiger partial charge in [-0.05, 0) is 6.07 Å². The van der Waals surface area contributed by atoms with Crippen LogP contribution >= 0.6 is 0 Å². The van der Waals surface area contributed by atoms with Gasteiger partial charge in [-0.2, -0.15) is 9.97 Å². The Bertz CT molecular complexity index is 753. The van der Waals surface area contributed by atoms with Gasteiger partial charge in [-0.25, -0.2) is 4.79 Å². The van der Waals surface area contributed by atoms with Crippen LogP contribution in [0.1, 0.15) is 34.1 Å². The number of carboxylic acid groups (broad SMARTS) is 1. The van der Waals surface area contributed by atoms with Crippen molar-refractivity contribution in [2.75, 3.05) is 14.2 Å². The number of Topliss-reactive ketones (excluding diaryl/α,β-unsaturated/α-hetero) is 1. The molecular formula is C16H16N2O6. The highest BCUT2D eigenvalue weighted by Gasteiger charge is 2.22. The van der Waals surface area contributed by atoms with E-state index >= 15 is 0 Å². The van der Waals surface area contributed by atoms with Gasteiger partial charge in [0.2, 0.25) is 11.8 Å². The van der Waals surface area contributed by atoms with E-state index in [-0.39, 0.29) is 46.9 Å². The SMILES string of the molecule is CCC(=O)c1cccc(Oc2nc(OC)cc(OC)n2)c1C(=O)O. The van der Waals surface area contributed by atoms with Gasteiger partial charge < -0.3 is 19.3 Å². The summed E-state index contributed by atoms with van der Waals surface area (Å²) in [4.78, 5) is 31.5. The number of aromatic nitrogens is 2. The maximum absolute atomic E-state index is 12.0. The van der Waals surface area contributed by atoms with Crippen LogP contribution in [-0.4, -0.2) is 41.0 Å². The van der Waals surface area contributed by atoms with E-state index in [1.165, 1.54) is 38.5 Å². The molecule has 2 rings (SSSR count). The number of ketones is 1. The lowest BCUT2D eigenvalue weighted by atomic mass is 10.0. The third-order valence-electron chi connectivity index (χ3n) is 3.14. The van der Waals surface area contributed by atoms with Crippen LogP contribution in [0.15, 0.2) is 24.3 Å². The van der Waals surface area contributed by atoms with Gasteiger partial charge in [0, 0.05) is 12.0 Å². The van der Waals surface area contributed by atoms with Crippen LogP contribution in [-0.2, 0) is 0 Å². The smallest absolute Gasteiger partial charge is 0.340 e. The number of methoxy groups -OCH3 is 2. The highest BCUT2D eigenvalue weighted by Crippen LogP contribution is 2.29. The average molecular weight is 332 g/mol. The fourth-order valence-electron chi connectivity index (χ4n) is 2.00. The number of benzene rings is 1. The molecule has 0 fully saturated rings. The minimum Gasteiger partial charge on any atom is -0.481 e. The highest BCUT2D eigenvalue weighted by molar-refractivity contribution is 6.07. The number of carbonyl (C=O) groups excluding carboxylic acids is 1. The zero-order valence-corrected chi connectivity index (χ0v) is 13.4. The highest BCUT2D eigenvalue weighted by atomic mass is 16.5. The van der Waals surface area contributed by atoms with E-state index in [1.807, 2.05) is 0 Å². The molecule has 0 saturated carbocycles. The molecule has 0 aliphatic heterocycles. The fourth-order valence-corrected chi connectivity index (χ4v) is 2.00. The molecule has 8 heteroatoms. The number of hydrogen-bond donors (Lipinski definition) is 1. The second-order valence-electron chi connectivity index (χ2n) is 4.60. The second-order valence-corrected chi connectivity index (χ2v) is 4.60. The van der Waals surface area contributed by atoms with Crippen LogP contribution < -0.4 is 14.2 Å². The molecular weight excluding hydrogens is 316 g/mol. The van der Waals surface area contributed by atoms with Crippen molar-refractivity contribution >= 4 is 11.8 Å². The molecule has 0 amide bonds. The molecule has 1 aromatic carbocycles. The van der Waals surface area contributed by atoms with E-state index in [0.29, 0.717) is 0 Å². The Labute approximate surface area is 138 Å². The number of ether oxygens (including phenoxy) is 3. The summed E-state index contributed by atoms with van der Waals surface area (Å²) in [6.45, 7) is 1.65. The molecule has 0 aliphatic carbocycles. The maximum atomic E-state index is 12.0. The normalized spacial score (nSPS) is 10.1. The molecule has 1 heterocycles. The summed E-state index contributed by atoms with van der Waals surface area (Å²) in [5.41, 5.74) is -0.174. The van der Waals surface area contributed by atoms with Crippen molar-refractivity contribution in [2.24, 2.45) is 0 Å². The van der Waals surface area contributed by atoms with Crippen molar-refractivity contribution in [2.45, 2.75) is 13.3 Å². The van der Waals surface area contributed by atoms with Gasteiger partial charge in [-0.3, -0.25) is 4.79 Å². The molecule has 0 saturated heterocycles. The van der Waals surface area contributed by atoms with Crippen LogP contribution in [0.4, 0.5) is 0 Å².